The Hall–Kier alpha value is -8.98. The highest BCUT2D eigenvalue weighted by Gasteiger charge is 2.21. The Labute approximate surface area is 423 Å². The fraction of sp³-hybridized carbons (Fsp3) is 0.0571. The summed E-state index contributed by atoms with van der Waals surface area (Å²) in [4.78, 5) is 4.75. The van der Waals surface area contributed by atoms with Gasteiger partial charge in [-0.15, -0.1) is 0 Å². The third kappa shape index (κ3) is 9.39. The highest BCUT2D eigenvalue weighted by atomic mass is 15.2. The van der Waals surface area contributed by atoms with Gasteiger partial charge < -0.3 is 9.80 Å². The largest absolute Gasteiger partial charge is 0.311 e. The molecule has 0 aromatic heterocycles. The number of hydrogen-bond donors (Lipinski definition) is 0. The van der Waals surface area contributed by atoms with E-state index in [9.17, 15) is 0 Å². The van der Waals surface area contributed by atoms with Crippen LogP contribution in [0.15, 0.2) is 291 Å². The predicted molar refractivity (Wildman–Crippen MR) is 305 cm³/mol. The lowest BCUT2D eigenvalue weighted by Crippen LogP contribution is -2.13. The van der Waals surface area contributed by atoms with Crippen molar-refractivity contribution < 1.29 is 0 Å². The zero-order valence-electron chi connectivity index (χ0n) is 40.2. The molecule has 0 aliphatic heterocycles. The molecular formula is C70H54N2. The van der Waals surface area contributed by atoms with Crippen LogP contribution in [0, 0.1) is 0 Å². The van der Waals surface area contributed by atoms with E-state index in [2.05, 4.69) is 301 Å². The first-order valence-electron chi connectivity index (χ1n) is 25.2. The zero-order valence-corrected chi connectivity index (χ0v) is 40.2. The summed E-state index contributed by atoms with van der Waals surface area (Å²) < 4.78 is 0. The first kappa shape index (κ1) is 44.2. The molecule has 2 unspecified atom stereocenters. The molecule has 0 fully saturated rings. The Morgan fingerprint density at radius 3 is 1.08 bits per heavy atom. The van der Waals surface area contributed by atoms with E-state index in [-0.39, 0.29) is 11.8 Å². The van der Waals surface area contributed by atoms with Gasteiger partial charge in [0.1, 0.15) is 0 Å². The Kier molecular flexibility index (Phi) is 12.4. The molecule has 2 atom stereocenters. The Bertz CT molecular complexity index is 3740. The average molecular weight is 923 g/mol. The maximum absolute atomic E-state index is 2.40. The minimum absolute atomic E-state index is 0.188. The molecule has 0 aliphatic rings. The van der Waals surface area contributed by atoms with Crippen LogP contribution in [-0.2, 0) is 12.8 Å². The Morgan fingerprint density at radius 2 is 0.528 bits per heavy atom. The van der Waals surface area contributed by atoms with Crippen LogP contribution >= 0.6 is 0 Å². The molecular weight excluding hydrogens is 869 g/mol. The monoisotopic (exact) mass is 922 g/mol. The molecule has 0 N–H and O–H groups in total. The first-order valence-corrected chi connectivity index (χ1v) is 25.2. The fourth-order valence-corrected chi connectivity index (χ4v) is 10.7. The molecule has 0 aliphatic carbocycles. The van der Waals surface area contributed by atoms with Gasteiger partial charge in [-0.1, -0.05) is 218 Å². The molecule has 12 rings (SSSR count). The van der Waals surface area contributed by atoms with Gasteiger partial charge in [-0.05, 0) is 151 Å². The van der Waals surface area contributed by atoms with Crippen molar-refractivity contribution in [3.8, 4) is 0 Å². The maximum atomic E-state index is 2.40. The highest BCUT2D eigenvalue weighted by Crippen LogP contribution is 2.41. The van der Waals surface area contributed by atoms with Crippen LogP contribution in [0.5, 0.6) is 0 Å². The van der Waals surface area contributed by atoms with E-state index in [1.807, 2.05) is 0 Å². The summed E-state index contributed by atoms with van der Waals surface area (Å²) in [6.45, 7) is 0. The van der Waals surface area contributed by atoms with Crippen LogP contribution < -0.4 is 9.80 Å². The van der Waals surface area contributed by atoms with E-state index in [1.165, 1.54) is 65.7 Å². The van der Waals surface area contributed by atoms with Gasteiger partial charge in [0.05, 0.1) is 0 Å². The van der Waals surface area contributed by atoms with Crippen molar-refractivity contribution in [2.24, 2.45) is 0 Å². The Morgan fingerprint density at radius 1 is 0.208 bits per heavy atom. The third-order valence-corrected chi connectivity index (χ3v) is 14.4. The van der Waals surface area contributed by atoms with Crippen LogP contribution in [0.3, 0.4) is 0 Å². The normalized spacial score (nSPS) is 12.2. The quantitative estimate of drug-likeness (QED) is 0.107. The van der Waals surface area contributed by atoms with Crippen molar-refractivity contribution >= 4 is 66.4 Å². The number of hydrogen-bond acceptors (Lipinski definition) is 2. The molecule has 72 heavy (non-hydrogen) atoms. The lowest BCUT2D eigenvalue weighted by atomic mass is 9.85. The molecule has 0 radical (unpaired) electrons. The second-order valence-electron chi connectivity index (χ2n) is 18.9. The number of benzene rings is 12. The number of rotatable bonds is 14. The standard InChI is InChI=1S/C70H54N2/c1-4-19-56(20-5-1)69(48-52-28-31-53-16-10-13-23-59(53)46-52)58-35-39-65(40-36-58)71(66-42-44-67(45-43-66)72(63-26-8-3-9-27-63)68-41-34-55-18-12-15-25-61(55)50-68)64-37-29-51(30-38-64)47-70(57-21-6-2-7-22-57)62-33-32-54-17-11-14-24-60(54)49-62/h1-46,49-50,69-70H,47-48H2. The SMILES string of the molecule is c1ccc(C(Cc2ccc3ccccc3c2)c2ccc(N(c3ccc(CC(c4ccccc4)c4ccc5ccccc5c4)cc3)c3ccc(N(c4ccccc4)c4ccc5ccccc5c4)cc3)cc2)cc1. The number of anilines is 6. The molecule has 12 aromatic rings. The van der Waals surface area contributed by atoms with Crippen molar-refractivity contribution in [3.05, 3.63) is 325 Å². The number of nitrogens with zero attached hydrogens (tertiary/aromatic N) is 2. The molecule has 0 spiro atoms. The van der Waals surface area contributed by atoms with Crippen LogP contribution in [0.1, 0.15) is 45.2 Å². The predicted octanol–water partition coefficient (Wildman–Crippen LogP) is 18.8. The second kappa shape index (κ2) is 20.2. The molecule has 0 saturated carbocycles. The molecule has 0 heterocycles. The number of fused-ring (bicyclic) bond motifs is 3. The summed E-state index contributed by atoms with van der Waals surface area (Å²) in [5.74, 6) is 0.396. The van der Waals surface area contributed by atoms with Gasteiger partial charge in [-0.25, -0.2) is 0 Å². The van der Waals surface area contributed by atoms with Gasteiger partial charge in [0.25, 0.3) is 0 Å². The van der Waals surface area contributed by atoms with Gasteiger partial charge in [-0.2, -0.15) is 0 Å². The molecule has 12 aromatic carbocycles. The topological polar surface area (TPSA) is 6.48 Å². The molecule has 2 heteroatoms. The van der Waals surface area contributed by atoms with Crippen molar-refractivity contribution in [1.29, 1.82) is 0 Å². The van der Waals surface area contributed by atoms with Gasteiger partial charge in [0.2, 0.25) is 0 Å². The summed E-state index contributed by atoms with van der Waals surface area (Å²) in [6.07, 6.45) is 1.79. The first-order chi connectivity index (χ1) is 35.7. The summed E-state index contributed by atoms with van der Waals surface area (Å²) in [7, 11) is 0. The fourth-order valence-electron chi connectivity index (χ4n) is 10.7. The highest BCUT2D eigenvalue weighted by molar-refractivity contribution is 5.90. The summed E-state index contributed by atoms with van der Waals surface area (Å²) in [5.41, 5.74) is 14.5. The zero-order chi connectivity index (χ0) is 48.1. The molecule has 2 nitrogen and oxygen atoms in total. The average Bonchev–Trinajstić information content (AvgIpc) is 3.45. The van der Waals surface area contributed by atoms with E-state index in [0.717, 1.165) is 47.0 Å². The van der Waals surface area contributed by atoms with Crippen LogP contribution in [0.25, 0.3) is 32.3 Å². The minimum atomic E-state index is 0.188. The molecule has 0 saturated heterocycles. The van der Waals surface area contributed by atoms with E-state index >= 15 is 0 Å². The van der Waals surface area contributed by atoms with Crippen LogP contribution in [0.4, 0.5) is 34.1 Å². The van der Waals surface area contributed by atoms with Crippen molar-refractivity contribution in [1.82, 2.24) is 0 Å². The van der Waals surface area contributed by atoms with E-state index in [0.29, 0.717) is 0 Å². The van der Waals surface area contributed by atoms with Crippen molar-refractivity contribution in [3.63, 3.8) is 0 Å². The third-order valence-electron chi connectivity index (χ3n) is 14.4. The number of para-hydroxylation sites is 1. The van der Waals surface area contributed by atoms with Gasteiger partial charge in [0, 0.05) is 46.0 Å². The van der Waals surface area contributed by atoms with Crippen molar-refractivity contribution in [2.45, 2.75) is 24.7 Å². The summed E-state index contributed by atoms with van der Waals surface area (Å²) >= 11 is 0. The lowest BCUT2D eigenvalue weighted by Gasteiger charge is -2.29. The summed E-state index contributed by atoms with van der Waals surface area (Å²) in [5, 5.41) is 7.52. The molecule has 0 bridgehead atoms. The maximum Gasteiger partial charge on any atom is 0.0468 e. The van der Waals surface area contributed by atoms with Gasteiger partial charge >= 0.3 is 0 Å². The van der Waals surface area contributed by atoms with E-state index in [4.69, 9.17) is 0 Å². The smallest absolute Gasteiger partial charge is 0.0468 e. The molecule has 0 amide bonds. The van der Waals surface area contributed by atoms with Crippen LogP contribution in [0.2, 0.25) is 0 Å². The van der Waals surface area contributed by atoms with Gasteiger partial charge in [-0.3, -0.25) is 0 Å². The second-order valence-corrected chi connectivity index (χ2v) is 18.9. The van der Waals surface area contributed by atoms with Crippen LogP contribution in [-0.4, -0.2) is 0 Å². The van der Waals surface area contributed by atoms with E-state index in [1.54, 1.807) is 0 Å². The Balaban J connectivity index is 0.917. The minimum Gasteiger partial charge on any atom is -0.311 e. The summed E-state index contributed by atoms with van der Waals surface area (Å²) in [6, 6.07) is 107. The van der Waals surface area contributed by atoms with E-state index < -0.39 is 0 Å². The lowest BCUT2D eigenvalue weighted by molar-refractivity contribution is 0.806. The van der Waals surface area contributed by atoms with Crippen molar-refractivity contribution in [2.75, 3.05) is 9.80 Å². The molecule has 344 valence electrons. The van der Waals surface area contributed by atoms with Gasteiger partial charge in [0.15, 0.2) is 0 Å².